The number of fused-ring (bicyclic) bond motifs is 1. The second-order valence-corrected chi connectivity index (χ2v) is 7.63. The van der Waals surface area contributed by atoms with Gasteiger partial charge in [0.05, 0.1) is 0 Å². The van der Waals surface area contributed by atoms with E-state index in [2.05, 4.69) is 62.2 Å². The number of hydrogen-bond donors (Lipinski definition) is 2. The highest BCUT2D eigenvalue weighted by molar-refractivity contribution is 9.10. The first-order chi connectivity index (χ1) is 12.5. The van der Waals surface area contributed by atoms with Crippen LogP contribution in [0, 0.1) is 5.92 Å². The molecule has 2 aromatic heterocycles. The molecule has 136 valence electrons. The number of halogens is 1. The Bertz CT molecular complexity index is 904. The number of nitrogens with one attached hydrogen (secondary N) is 2. The number of pyridine rings is 1. The van der Waals surface area contributed by atoms with Crippen molar-refractivity contribution in [3.63, 3.8) is 0 Å². The van der Waals surface area contributed by atoms with Crippen LogP contribution in [0.2, 0.25) is 0 Å². The van der Waals surface area contributed by atoms with E-state index in [0.717, 1.165) is 34.2 Å². The summed E-state index contributed by atoms with van der Waals surface area (Å²) >= 11 is 3.40. The molecule has 2 heterocycles. The van der Waals surface area contributed by atoms with Crippen LogP contribution in [0.25, 0.3) is 11.0 Å². The smallest absolute Gasteiger partial charge is 0.319 e. The van der Waals surface area contributed by atoms with Crippen LogP contribution in [0.5, 0.6) is 0 Å². The van der Waals surface area contributed by atoms with Gasteiger partial charge in [-0.1, -0.05) is 35.8 Å². The van der Waals surface area contributed by atoms with Crippen molar-refractivity contribution in [3.05, 3.63) is 58.8 Å². The van der Waals surface area contributed by atoms with E-state index in [1.807, 2.05) is 36.5 Å². The largest absolute Gasteiger partial charge is 0.338 e. The molecule has 3 aromatic rings. The Morgan fingerprint density at radius 3 is 2.88 bits per heavy atom. The summed E-state index contributed by atoms with van der Waals surface area (Å²) in [5, 5.41) is 6.91. The number of urea groups is 1. The topological polar surface area (TPSA) is 59.0 Å². The summed E-state index contributed by atoms with van der Waals surface area (Å²) in [5.41, 5.74) is 2.97. The lowest BCUT2D eigenvalue weighted by atomic mass is 10.1. The Labute approximate surface area is 161 Å². The highest BCUT2D eigenvalue weighted by Crippen LogP contribution is 2.21. The van der Waals surface area contributed by atoms with Crippen LogP contribution >= 0.6 is 15.9 Å². The molecule has 5 nitrogen and oxygen atoms in total. The van der Waals surface area contributed by atoms with Crippen LogP contribution < -0.4 is 10.6 Å². The van der Waals surface area contributed by atoms with Gasteiger partial charge in [0.25, 0.3) is 0 Å². The monoisotopic (exact) mass is 414 g/mol. The maximum absolute atomic E-state index is 12.1. The van der Waals surface area contributed by atoms with Crippen molar-refractivity contribution < 1.29 is 4.79 Å². The standard InChI is InChI=1S/C20H23BrN4O/c1-14(2)12-25-13-15(18-7-4-9-22-19(18)25)8-10-23-20(26)24-17-6-3-5-16(21)11-17/h3-7,9,11,13-14H,8,10,12H2,1-2H3,(H2,23,24,26). The number of benzene rings is 1. The number of aromatic nitrogens is 2. The molecule has 0 saturated carbocycles. The van der Waals surface area contributed by atoms with Gasteiger partial charge in [-0.15, -0.1) is 0 Å². The molecule has 0 fully saturated rings. The Kier molecular flexibility index (Phi) is 5.93. The second-order valence-electron chi connectivity index (χ2n) is 6.72. The van der Waals surface area contributed by atoms with E-state index in [1.54, 1.807) is 0 Å². The molecule has 2 N–H and O–H groups in total. The zero-order valence-corrected chi connectivity index (χ0v) is 16.6. The van der Waals surface area contributed by atoms with Crippen molar-refractivity contribution in [1.29, 1.82) is 0 Å². The number of carbonyl (C=O) groups is 1. The van der Waals surface area contributed by atoms with E-state index < -0.39 is 0 Å². The first-order valence-electron chi connectivity index (χ1n) is 8.76. The fraction of sp³-hybridized carbons (Fsp3) is 0.300. The molecule has 0 atom stereocenters. The quantitative estimate of drug-likeness (QED) is 0.607. The van der Waals surface area contributed by atoms with Crippen LogP contribution in [-0.4, -0.2) is 22.1 Å². The van der Waals surface area contributed by atoms with Gasteiger partial charge < -0.3 is 15.2 Å². The van der Waals surface area contributed by atoms with Crippen molar-refractivity contribution in [2.45, 2.75) is 26.8 Å². The van der Waals surface area contributed by atoms with Gasteiger partial charge in [-0.2, -0.15) is 0 Å². The molecule has 0 aliphatic heterocycles. The Morgan fingerprint density at radius 2 is 2.12 bits per heavy atom. The van der Waals surface area contributed by atoms with Crippen LogP contribution in [0.4, 0.5) is 10.5 Å². The molecular formula is C20H23BrN4O. The molecule has 0 saturated heterocycles. The highest BCUT2D eigenvalue weighted by Gasteiger charge is 2.10. The minimum atomic E-state index is -0.202. The summed E-state index contributed by atoms with van der Waals surface area (Å²) in [4.78, 5) is 16.6. The van der Waals surface area contributed by atoms with Crippen molar-refractivity contribution in [2.24, 2.45) is 5.92 Å². The number of amides is 2. The van der Waals surface area contributed by atoms with Gasteiger partial charge in [0, 0.05) is 41.0 Å². The minimum Gasteiger partial charge on any atom is -0.338 e. The molecule has 0 radical (unpaired) electrons. The van der Waals surface area contributed by atoms with Crippen molar-refractivity contribution in [3.8, 4) is 0 Å². The van der Waals surface area contributed by atoms with Gasteiger partial charge in [-0.3, -0.25) is 0 Å². The molecular weight excluding hydrogens is 392 g/mol. The maximum atomic E-state index is 12.1. The summed E-state index contributed by atoms with van der Waals surface area (Å²) in [6, 6.07) is 11.4. The number of rotatable bonds is 6. The number of anilines is 1. The summed E-state index contributed by atoms with van der Waals surface area (Å²) < 4.78 is 3.14. The van der Waals surface area contributed by atoms with E-state index in [-0.39, 0.29) is 6.03 Å². The molecule has 26 heavy (non-hydrogen) atoms. The molecule has 2 amide bonds. The lowest BCUT2D eigenvalue weighted by molar-refractivity contribution is 0.252. The zero-order chi connectivity index (χ0) is 18.5. The molecule has 0 bridgehead atoms. The third kappa shape index (κ3) is 4.64. The molecule has 6 heteroatoms. The third-order valence-corrected chi connectivity index (χ3v) is 4.53. The van der Waals surface area contributed by atoms with Crippen LogP contribution in [0.15, 0.2) is 53.3 Å². The van der Waals surface area contributed by atoms with Crippen molar-refractivity contribution in [1.82, 2.24) is 14.9 Å². The average Bonchev–Trinajstić information content (AvgIpc) is 2.92. The first-order valence-corrected chi connectivity index (χ1v) is 9.55. The second kappa shape index (κ2) is 8.36. The van der Waals surface area contributed by atoms with Gasteiger partial charge in [-0.05, 0) is 48.2 Å². The lowest BCUT2D eigenvalue weighted by Gasteiger charge is -2.08. The van der Waals surface area contributed by atoms with E-state index in [0.29, 0.717) is 12.5 Å². The molecule has 1 aromatic carbocycles. The van der Waals surface area contributed by atoms with E-state index in [4.69, 9.17) is 0 Å². The molecule has 0 spiro atoms. The van der Waals surface area contributed by atoms with E-state index in [1.165, 1.54) is 5.56 Å². The van der Waals surface area contributed by atoms with Gasteiger partial charge in [0.1, 0.15) is 5.65 Å². The Balaban J connectivity index is 1.62. The van der Waals surface area contributed by atoms with Crippen molar-refractivity contribution >= 4 is 38.7 Å². The highest BCUT2D eigenvalue weighted by atomic mass is 79.9. The molecule has 0 aliphatic carbocycles. The summed E-state index contributed by atoms with van der Waals surface area (Å²) in [7, 11) is 0. The normalized spacial score (nSPS) is 11.1. The van der Waals surface area contributed by atoms with Gasteiger partial charge in [0.15, 0.2) is 0 Å². The third-order valence-electron chi connectivity index (χ3n) is 4.04. The SMILES string of the molecule is CC(C)Cn1cc(CCNC(=O)Nc2cccc(Br)c2)c2cccnc21. The van der Waals surface area contributed by atoms with Crippen LogP contribution in [-0.2, 0) is 13.0 Å². The predicted octanol–water partition coefficient (Wildman–Crippen LogP) is 4.82. The fourth-order valence-corrected chi connectivity index (χ4v) is 3.38. The van der Waals surface area contributed by atoms with Crippen LogP contribution in [0.1, 0.15) is 19.4 Å². The molecule has 0 aliphatic rings. The molecule has 0 unspecified atom stereocenters. The Morgan fingerprint density at radius 1 is 1.27 bits per heavy atom. The predicted molar refractivity (Wildman–Crippen MR) is 109 cm³/mol. The number of carbonyl (C=O) groups excluding carboxylic acids is 1. The number of nitrogens with zero attached hydrogens (tertiary/aromatic N) is 2. The first kappa shape index (κ1) is 18.5. The van der Waals surface area contributed by atoms with Crippen molar-refractivity contribution in [2.75, 3.05) is 11.9 Å². The van der Waals surface area contributed by atoms with E-state index in [9.17, 15) is 4.79 Å². The zero-order valence-electron chi connectivity index (χ0n) is 15.0. The average molecular weight is 415 g/mol. The summed E-state index contributed by atoms with van der Waals surface area (Å²) in [6.07, 6.45) is 4.75. The lowest BCUT2D eigenvalue weighted by Crippen LogP contribution is -2.30. The Hall–Kier alpha value is -2.34. The van der Waals surface area contributed by atoms with Gasteiger partial charge in [-0.25, -0.2) is 9.78 Å². The van der Waals surface area contributed by atoms with Crippen LogP contribution in [0.3, 0.4) is 0 Å². The molecule has 3 rings (SSSR count). The maximum Gasteiger partial charge on any atom is 0.319 e. The van der Waals surface area contributed by atoms with Gasteiger partial charge in [0.2, 0.25) is 0 Å². The number of hydrogen-bond acceptors (Lipinski definition) is 2. The summed E-state index contributed by atoms with van der Waals surface area (Å²) in [6.45, 7) is 5.89. The summed E-state index contributed by atoms with van der Waals surface area (Å²) in [5.74, 6) is 0.551. The fourth-order valence-electron chi connectivity index (χ4n) is 2.98. The van der Waals surface area contributed by atoms with Gasteiger partial charge >= 0.3 is 6.03 Å². The minimum absolute atomic E-state index is 0.202. The van der Waals surface area contributed by atoms with E-state index >= 15 is 0 Å².